The van der Waals surface area contributed by atoms with Gasteiger partial charge in [0.25, 0.3) is 0 Å². The van der Waals surface area contributed by atoms with Crippen molar-refractivity contribution in [2.24, 2.45) is 0 Å². The Labute approximate surface area is 81.6 Å². The molecule has 1 saturated heterocycles. The van der Waals surface area contributed by atoms with Crippen LogP contribution in [0.1, 0.15) is 52.9 Å². The Hall–Kier alpha value is -0.0800. The summed E-state index contributed by atoms with van der Waals surface area (Å²) < 4.78 is 11.3. The standard InChI is InChI=1S/C11H22O2/c1-4-5-6-7-10-12-9-8-11(2,3)13-10/h10H,4-9H2,1-3H3. The van der Waals surface area contributed by atoms with Gasteiger partial charge in [0.15, 0.2) is 6.29 Å². The zero-order valence-corrected chi connectivity index (χ0v) is 9.14. The van der Waals surface area contributed by atoms with E-state index < -0.39 is 0 Å². The van der Waals surface area contributed by atoms with E-state index in [2.05, 4.69) is 20.8 Å². The highest BCUT2D eigenvalue weighted by molar-refractivity contribution is 4.72. The lowest BCUT2D eigenvalue weighted by atomic mass is 10.0. The van der Waals surface area contributed by atoms with Gasteiger partial charge in [-0.2, -0.15) is 0 Å². The van der Waals surface area contributed by atoms with Crippen molar-refractivity contribution in [3.8, 4) is 0 Å². The molecule has 0 spiro atoms. The fraction of sp³-hybridized carbons (Fsp3) is 1.00. The van der Waals surface area contributed by atoms with Crippen molar-refractivity contribution in [3.05, 3.63) is 0 Å². The van der Waals surface area contributed by atoms with E-state index in [1.165, 1.54) is 19.3 Å². The molecule has 1 aliphatic rings. The van der Waals surface area contributed by atoms with Gasteiger partial charge in [0.2, 0.25) is 0 Å². The first-order chi connectivity index (χ1) is 6.14. The first kappa shape index (κ1) is 11.0. The van der Waals surface area contributed by atoms with E-state index in [0.717, 1.165) is 19.4 Å². The molecule has 2 heteroatoms. The van der Waals surface area contributed by atoms with Gasteiger partial charge in [0.05, 0.1) is 12.2 Å². The van der Waals surface area contributed by atoms with E-state index in [1.807, 2.05) is 0 Å². The first-order valence-electron chi connectivity index (χ1n) is 5.43. The number of rotatable bonds is 4. The third-order valence-electron chi connectivity index (χ3n) is 2.50. The molecule has 78 valence electrons. The molecule has 0 amide bonds. The van der Waals surface area contributed by atoms with Crippen LogP contribution in [0.3, 0.4) is 0 Å². The van der Waals surface area contributed by atoms with Crippen molar-refractivity contribution >= 4 is 0 Å². The molecule has 1 atom stereocenters. The van der Waals surface area contributed by atoms with Crippen molar-refractivity contribution < 1.29 is 9.47 Å². The zero-order valence-electron chi connectivity index (χ0n) is 9.14. The fourth-order valence-electron chi connectivity index (χ4n) is 1.59. The number of hydrogen-bond donors (Lipinski definition) is 0. The van der Waals surface area contributed by atoms with Crippen LogP contribution in [0.2, 0.25) is 0 Å². The SMILES string of the molecule is CCCCCC1OCCC(C)(C)O1. The molecular weight excluding hydrogens is 164 g/mol. The van der Waals surface area contributed by atoms with Gasteiger partial charge >= 0.3 is 0 Å². The van der Waals surface area contributed by atoms with Gasteiger partial charge in [-0.25, -0.2) is 0 Å². The molecule has 0 bridgehead atoms. The Morgan fingerprint density at radius 3 is 2.69 bits per heavy atom. The van der Waals surface area contributed by atoms with E-state index in [4.69, 9.17) is 9.47 Å². The normalized spacial score (nSPS) is 27.5. The van der Waals surface area contributed by atoms with Gasteiger partial charge in [-0.3, -0.25) is 0 Å². The second kappa shape index (κ2) is 4.97. The van der Waals surface area contributed by atoms with Crippen LogP contribution < -0.4 is 0 Å². The van der Waals surface area contributed by atoms with Crippen molar-refractivity contribution in [2.75, 3.05) is 6.61 Å². The summed E-state index contributed by atoms with van der Waals surface area (Å²) in [6.07, 6.45) is 5.88. The maximum absolute atomic E-state index is 5.80. The third kappa shape index (κ3) is 4.10. The van der Waals surface area contributed by atoms with Gasteiger partial charge in [-0.05, 0) is 33.1 Å². The molecule has 1 rings (SSSR count). The molecule has 0 saturated carbocycles. The van der Waals surface area contributed by atoms with Crippen LogP contribution in [0.5, 0.6) is 0 Å². The lowest BCUT2D eigenvalue weighted by molar-refractivity contribution is -0.247. The highest BCUT2D eigenvalue weighted by Crippen LogP contribution is 2.25. The predicted molar refractivity (Wildman–Crippen MR) is 53.7 cm³/mol. The summed E-state index contributed by atoms with van der Waals surface area (Å²) in [5, 5.41) is 0. The monoisotopic (exact) mass is 186 g/mol. The van der Waals surface area contributed by atoms with E-state index in [0.29, 0.717) is 0 Å². The summed E-state index contributed by atoms with van der Waals surface area (Å²) in [4.78, 5) is 0. The Kier molecular flexibility index (Phi) is 4.20. The minimum atomic E-state index is 0.0229. The van der Waals surface area contributed by atoms with Crippen LogP contribution in [0.4, 0.5) is 0 Å². The lowest BCUT2D eigenvalue weighted by Gasteiger charge is -2.36. The highest BCUT2D eigenvalue weighted by atomic mass is 16.7. The summed E-state index contributed by atoms with van der Waals surface area (Å²) in [6.45, 7) is 7.35. The maximum atomic E-state index is 5.80. The summed E-state index contributed by atoms with van der Waals surface area (Å²) in [7, 11) is 0. The van der Waals surface area contributed by atoms with Gasteiger partial charge in [-0.15, -0.1) is 0 Å². The number of unbranched alkanes of at least 4 members (excludes halogenated alkanes) is 2. The second-order valence-electron chi connectivity index (χ2n) is 4.42. The zero-order chi connectivity index (χ0) is 9.73. The molecule has 0 aliphatic carbocycles. The third-order valence-corrected chi connectivity index (χ3v) is 2.50. The summed E-state index contributed by atoms with van der Waals surface area (Å²) in [5.74, 6) is 0. The average Bonchev–Trinajstić information content (AvgIpc) is 2.03. The number of ether oxygens (including phenoxy) is 2. The molecule has 1 fully saturated rings. The van der Waals surface area contributed by atoms with Crippen LogP contribution in [0, 0.1) is 0 Å². The molecular formula is C11H22O2. The highest BCUT2D eigenvalue weighted by Gasteiger charge is 2.28. The van der Waals surface area contributed by atoms with Crippen LogP contribution in [0.15, 0.2) is 0 Å². The molecule has 1 aliphatic heterocycles. The summed E-state index contributed by atoms with van der Waals surface area (Å²) >= 11 is 0. The molecule has 2 nitrogen and oxygen atoms in total. The smallest absolute Gasteiger partial charge is 0.158 e. The summed E-state index contributed by atoms with van der Waals surface area (Å²) in [5.41, 5.74) is 0.0229. The van der Waals surface area contributed by atoms with E-state index >= 15 is 0 Å². The Morgan fingerprint density at radius 1 is 1.31 bits per heavy atom. The van der Waals surface area contributed by atoms with Crippen molar-refractivity contribution in [1.82, 2.24) is 0 Å². The first-order valence-corrected chi connectivity index (χ1v) is 5.43. The molecule has 0 aromatic heterocycles. The van der Waals surface area contributed by atoms with Crippen molar-refractivity contribution in [1.29, 1.82) is 0 Å². The van der Waals surface area contributed by atoms with Gasteiger partial charge in [0.1, 0.15) is 0 Å². The van der Waals surface area contributed by atoms with Crippen LogP contribution in [0.25, 0.3) is 0 Å². The van der Waals surface area contributed by atoms with Crippen LogP contribution in [-0.4, -0.2) is 18.5 Å². The fourth-order valence-corrected chi connectivity index (χ4v) is 1.59. The van der Waals surface area contributed by atoms with Gasteiger partial charge < -0.3 is 9.47 Å². The Morgan fingerprint density at radius 2 is 2.08 bits per heavy atom. The topological polar surface area (TPSA) is 18.5 Å². The number of hydrogen-bond acceptors (Lipinski definition) is 2. The summed E-state index contributed by atoms with van der Waals surface area (Å²) in [6, 6.07) is 0. The molecule has 0 aromatic carbocycles. The average molecular weight is 186 g/mol. The van der Waals surface area contributed by atoms with Crippen molar-refractivity contribution in [2.45, 2.75) is 64.8 Å². The van der Waals surface area contributed by atoms with E-state index in [1.54, 1.807) is 0 Å². The predicted octanol–water partition coefficient (Wildman–Crippen LogP) is 3.11. The molecule has 0 N–H and O–H groups in total. The molecule has 1 unspecified atom stereocenters. The van der Waals surface area contributed by atoms with Gasteiger partial charge in [0, 0.05) is 0 Å². The Balaban J connectivity index is 2.19. The van der Waals surface area contributed by atoms with E-state index in [9.17, 15) is 0 Å². The second-order valence-corrected chi connectivity index (χ2v) is 4.42. The maximum Gasteiger partial charge on any atom is 0.158 e. The molecule has 13 heavy (non-hydrogen) atoms. The minimum Gasteiger partial charge on any atom is -0.353 e. The quantitative estimate of drug-likeness (QED) is 0.628. The largest absolute Gasteiger partial charge is 0.353 e. The molecule has 1 heterocycles. The molecule has 0 radical (unpaired) electrons. The van der Waals surface area contributed by atoms with Gasteiger partial charge in [-0.1, -0.05) is 19.8 Å². The van der Waals surface area contributed by atoms with Crippen molar-refractivity contribution in [3.63, 3.8) is 0 Å². The van der Waals surface area contributed by atoms with Crippen LogP contribution >= 0.6 is 0 Å². The van der Waals surface area contributed by atoms with E-state index in [-0.39, 0.29) is 11.9 Å². The van der Waals surface area contributed by atoms with Crippen LogP contribution in [-0.2, 0) is 9.47 Å². The minimum absolute atomic E-state index is 0.0229. The molecule has 0 aromatic rings. The lowest BCUT2D eigenvalue weighted by Crippen LogP contribution is -2.38. The Bertz CT molecular complexity index is 143.